The average Bonchev–Trinajstić information content (AvgIpc) is 3.50. The third kappa shape index (κ3) is 4.57. The zero-order valence-corrected chi connectivity index (χ0v) is 18.4. The minimum Gasteiger partial charge on any atom is -0.507 e. The smallest absolute Gasteiger partial charge is 0.306 e. The summed E-state index contributed by atoms with van der Waals surface area (Å²) < 4.78 is 6.50. The van der Waals surface area contributed by atoms with Crippen LogP contribution in [0, 0.1) is 6.92 Å². The third-order valence-corrected chi connectivity index (χ3v) is 5.74. The molecular formula is C24H25N5O4. The molecule has 0 amide bonds. The highest BCUT2D eigenvalue weighted by Gasteiger charge is 2.29. The Morgan fingerprint density at radius 2 is 2.03 bits per heavy atom. The van der Waals surface area contributed by atoms with Crippen molar-refractivity contribution in [2.24, 2.45) is 0 Å². The molecule has 170 valence electrons. The highest BCUT2D eigenvalue weighted by molar-refractivity contribution is 5.73. The van der Waals surface area contributed by atoms with Crippen molar-refractivity contribution in [3.05, 3.63) is 88.0 Å². The predicted molar refractivity (Wildman–Crippen MR) is 122 cm³/mol. The zero-order chi connectivity index (χ0) is 23.4. The van der Waals surface area contributed by atoms with Crippen molar-refractivity contribution < 1.29 is 14.6 Å². The second kappa shape index (κ2) is 9.56. The normalized spacial score (nSPS) is 11.9. The van der Waals surface area contributed by atoms with Gasteiger partial charge < -0.3 is 19.4 Å². The van der Waals surface area contributed by atoms with Crippen LogP contribution >= 0.6 is 0 Å². The predicted octanol–water partition coefficient (Wildman–Crippen LogP) is 2.91. The van der Waals surface area contributed by atoms with Crippen LogP contribution in [0.1, 0.15) is 34.9 Å². The molecule has 1 aromatic carbocycles. The van der Waals surface area contributed by atoms with Gasteiger partial charge in [0, 0.05) is 42.0 Å². The molecule has 0 saturated heterocycles. The van der Waals surface area contributed by atoms with Crippen molar-refractivity contribution in [3.63, 3.8) is 0 Å². The molecule has 0 spiro atoms. The van der Waals surface area contributed by atoms with Crippen molar-refractivity contribution in [2.45, 2.75) is 32.2 Å². The van der Waals surface area contributed by atoms with E-state index >= 15 is 0 Å². The summed E-state index contributed by atoms with van der Waals surface area (Å²) >= 11 is 0. The number of aromatic hydroxyl groups is 1. The van der Waals surface area contributed by atoms with Crippen molar-refractivity contribution >= 4 is 5.97 Å². The van der Waals surface area contributed by atoms with E-state index < -0.39 is 11.9 Å². The lowest BCUT2D eigenvalue weighted by atomic mass is 9.87. The van der Waals surface area contributed by atoms with Gasteiger partial charge >= 0.3 is 5.97 Å². The molecule has 3 N–H and O–H groups in total. The highest BCUT2D eigenvalue weighted by Crippen LogP contribution is 2.37. The number of ether oxygens (including phenoxy) is 1. The molecule has 3 heterocycles. The quantitative estimate of drug-likeness (QED) is 0.357. The Morgan fingerprint density at radius 1 is 1.24 bits per heavy atom. The van der Waals surface area contributed by atoms with Crippen LogP contribution < -0.4 is 5.56 Å². The number of aromatic nitrogens is 5. The number of hydrogen-bond donors (Lipinski definition) is 3. The maximum atomic E-state index is 13.6. The molecule has 0 bridgehead atoms. The molecule has 0 aliphatic rings. The number of imidazole rings is 1. The molecule has 9 heteroatoms. The molecule has 3 aromatic heterocycles. The van der Waals surface area contributed by atoms with Crippen LogP contribution in [0.25, 0.3) is 11.3 Å². The number of aryl methyl sites for hydroxylation is 2. The third-order valence-electron chi connectivity index (χ3n) is 5.74. The van der Waals surface area contributed by atoms with Gasteiger partial charge in [-0.25, -0.2) is 4.98 Å². The number of aromatic amines is 2. The Labute approximate surface area is 190 Å². The number of rotatable bonds is 8. The summed E-state index contributed by atoms with van der Waals surface area (Å²) in [5, 5.41) is 18.0. The van der Waals surface area contributed by atoms with Crippen LogP contribution in [0.2, 0.25) is 0 Å². The van der Waals surface area contributed by atoms with Crippen molar-refractivity contribution in [1.29, 1.82) is 0 Å². The van der Waals surface area contributed by atoms with E-state index in [-0.39, 0.29) is 23.3 Å². The Balaban J connectivity index is 1.82. The average molecular weight is 447 g/mol. The lowest BCUT2D eigenvalue weighted by molar-refractivity contribution is -0.140. The van der Waals surface area contributed by atoms with Crippen molar-refractivity contribution in [1.82, 2.24) is 24.7 Å². The van der Waals surface area contributed by atoms with Gasteiger partial charge in [-0.05, 0) is 18.6 Å². The van der Waals surface area contributed by atoms with Crippen molar-refractivity contribution in [2.75, 3.05) is 7.11 Å². The number of carbonyl (C=O) groups is 1. The number of nitrogens with zero attached hydrogens (tertiary/aromatic N) is 3. The van der Waals surface area contributed by atoms with Gasteiger partial charge in [0.1, 0.15) is 5.75 Å². The minimum absolute atomic E-state index is 0.123. The molecule has 9 nitrogen and oxygen atoms in total. The van der Waals surface area contributed by atoms with Crippen LogP contribution in [0.5, 0.6) is 5.75 Å². The van der Waals surface area contributed by atoms with Gasteiger partial charge in [0.2, 0.25) is 0 Å². The lowest BCUT2D eigenvalue weighted by Gasteiger charge is -2.20. The molecule has 0 saturated carbocycles. The first-order chi connectivity index (χ1) is 16.0. The van der Waals surface area contributed by atoms with Gasteiger partial charge in [-0.2, -0.15) is 5.10 Å². The molecular weight excluding hydrogens is 422 g/mol. The molecule has 1 atom stereocenters. The number of carbonyl (C=O) groups excluding carboxylic acids is 1. The molecule has 0 fully saturated rings. The standard InChI is InChI=1S/C24H25N5O4/c1-15-10-20(30)22(24(32)29(15)9-8-17-12-25-14-26-17)18(11-21(31)33-2)19-13-27-28-23(19)16-6-4-3-5-7-16/h3-7,10,12-14,18,30H,8-9,11H2,1-2H3,(H,25,26)(H,27,28). The monoisotopic (exact) mass is 447 g/mol. The first-order valence-electron chi connectivity index (χ1n) is 10.6. The molecule has 0 radical (unpaired) electrons. The number of nitrogens with one attached hydrogen (secondary N) is 2. The first kappa shape index (κ1) is 22.1. The number of esters is 1. The van der Waals surface area contributed by atoms with E-state index in [1.54, 1.807) is 36.3 Å². The van der Waals surface area contributed by atoms with E-state index in [0.717, 1.165) is 11.3 Å². The van der Waals surface area contributed by atoms with Gasteiger partial charge in [-0.1, -0.05) is 30.3 Å². The van der Waals surface area contributed by atoms with Gasteiger partial charge in [0.15, 0.2) is 0 Å². The number of hydrogen-bond acceptors (Lipinski definition) is 6. The molecule has 4 aromatic rings. The van der Waals surface area contributed by atoms with E-state index in [2.05, 4.69) is 20.2 Å². The summed E-state index contributed by atoms with van der Waals surface area (Å²) in [6.45, 7) is 2.16. The molecule has 33 heavy (non-hydrogen) atoms. The van der Waals surface area contributed by atoms with Crippen LogP contribution in [-0.2, 0) is 22.5 Å². The minimum atomic E-state index is -0.752. The SMILES string of the molecule is COC(=O)CC(c1cn[nH]c1-c1ccccc1)c1c(O)cc(C)n(CCc2cnc[nH]2)c1=O. The number of methoxy groups -OCH3 is 1. The van der Waals surface area contributed by atoms with Crippen molar-refractivity contribution in [3.8, 4) is 17.0 Å². The Bertz CT molecular complexity index is 1290. The Morgan fingerprint density at radius 3 is 2.73 bits per heavy atom. The van der Waals surface area contributed by atoms with E-state index in [1.807, 2.05) is 30.3 Å². The fourth-order valence-electron chi connectivity index (χ4n) is 4.04. The van der Waals surface area contributed by atoms with E-state index in [9.17, 15) is 14.7 Å². The van der Waals surface area contributed by atoms with Crippen LogP contribution in [0.15, 0.2) is 59.9 Å². The Hall–Kier alpha value is -4.14. The maximum absolute atomic E-state index is 13.6. The van der Waals surface area contributed by atoms with Gasteiger partial charge in [0.25, 0.3) is 5.56 Å². The fraction of sp³-hybridized carbons (Fsp3) is 0.250. The summed E-state index contributed by atoms with van der Waals surface area (Å²) in [4.78, 5) is 33.0. The van der Waals surface area contributed by atoms with Gasteiger partial charge in [0.05, 0.1) is 37.3 Å². The largest absolute Gasteiger partial charge is 0.507 e. The second-order valence-electron chi connectivity index (χ2n) is 7.77. The van der Waals surface area contributed by atoms with Gasteiger partial charge in [-0.3, -0.25) is 14.7 Å². The van der Waals surface area contributed by atoms with E-state index in [0.29, 0.717) is 29.9 Å². The summed E-state index contributed by atoms with van der Waals surface area (Å²) in [5.74, 6) is -1.41. The fourth-order valence-corrected chi connectivity index (χ4v) is 4.04. The topological polar surface area (TPSA) is 126 Å². The number of H-pyrrole nitrogens is 2. The first-order valence-corrected chi connectivity index (χ1v) is 10.6. The van der Waals surface area contributed by atoms with Gasteiger partial charge in [-0.15, -0.1) is 0 Å². The summed E-state index contributed by atoms with van der Waals surface area (Å²) in [6.07, 6.45) is 5.32. The summed E-state index contributed by atoms with van der Waals surface area (Å²) in [7, 11) is 1.30. The van der Waals surface area contributed by atoms with Crippen LogP contribution in [0.3, 0.4) is 0 Å². The number of benzene rings is 1. The summed E-state index contributed by atoms with van der Waals surface area (Å²) in [6, 6.07) is 11.0. The second-order valence-corrected chi connectivity index (χ2v) is 7.77. The van der Waals surface area contributed by atoms with Crippen LogP contribution in [-0.4, -0.2) is 42.9 Å². The van der Waals surface area contributed by atoms with E-state index in [1.165, 1.54) is 7.11 Å². The molecule has 4 rings (SSSR count). The molecule has 0 aliphatic carbocycles. The zero-order valence-electron chi connectivity index (χ0n) is 18.4. The summed E-state index contributed by atoms with van der Waals surface area (Å²) in [5.41, 5.74) is 3.44. The number of pyridine rings is 1. The highest BCUT2D eigenvalue weighted by atomic mass is 16.5. The lowest BCUT2D eigenvalue weighted by Crippen LogP contribution is -2.29. The van der Waals surface area contributed by atoms with E-state index in [4.69, 9.17) is 4.74 Å². The Kier molecular flexibility index (Phi) is 6.39. The molecule has 1 unspecified atom stereocenters. The molecule has 0 aliphatic heterocycles. The van der Waals surface area contributed by atoms with Crippen LogP contribution in [0.4, 0.5) is 0 Å². The maximum Gasteiger partial charge on any atom is 0.306 e.